The van der Waals surface area contributed by atoms with Crippen LogP contribution in [0, 0.1) is 69.0 Å². The molecular formula is C42H63NO2. The predicted octanol–water partition coefficient (Wildman–Crippen LogP) is 10.4. The first-order chi connectivity index (χ1) is 21.3. The third-order valence-electron chi connectivity index (χ3n) is 16.3. The summed E-state index contributed by atoms with van der Waals surface area (Å²) in [5.41, 5.74) is 5.90. The number of hydrogen-bond donors (Lipinski definition) is 1. The van der Waals surface area contributed by atoms with Gasteiger partial charge in [0.2, 0.25) is 5.91 Å². The van der Waals surface area contributed by atoms with E-state index in [1.807, 2.05) is 0 Å². The van der Waals surface area contributed by atoms with E-state index in [1.54, 1.807) is 18.1 Å². The lowest BCUT2D eigenvalue weighted by molar-refractivity contribution is -0.131. The molecule has 0 spiro atoms. The van der Waals surface area contributed by atoms with E-state index in [0.29, 0.717) is 28.4 Å². The summed E-state index contributed by atoms with van der Waals surface area (Å²) >= 11 is 0. The van der Waals surface area contributed by atoms with Gasteiger partial charge in [-0.2, -0.15) is 0 Å². The average Bonchev–Trinajstić information content (AvgIpc) is 3.49. The summed E-state index contributed by atoms with van der Waals surface area (Å²) < 4.78 is 0. The molecule has 0 radical (unpaired) electrons. The Labute approximate surface area is 274 Å². The van der Waals surface area contributed by atoms with E-state index in [9.17, 15) is 9.59 Å². The van der Waals surface area contributed by atoms with Crippen LogP contribution in [0.3, 0.4) is 0 Å². The molecule has 0 aromatic rings. The highest BCUT2D eigenvalue weighted by atomic mass is 16.1. The summed E-state index contributed by atoms with van der Waals surface area (Å²) in [6.45, 7) is 16.3. The van der Waals surface area contributed by atoms with Crippen LogP contribution in [0.4, 0.5) is 0 Å². The molecule has 0 aromatic carbocycles. The maximum absolute atomic E-state index is 12.4. The van der Waals surface area contributed by atoms with Gasteiger partial charge < -0.3 is 5.32 Å². The number of carbonyl (C=O) groups is 2. The van der Waals surface area contributed by atoms with Crippen LogP contribution in [0.15, 0.2) is 35.1 Å². The van der Waals surface area contributed by atoms with E-state index in [2.05, 4.69) is 65.1 Å². The van der Waals surface area contributed by atoms with Crippen molar-refractivity contribution in [3.8, 4) is 0 Å². The molecule has 0 aromatic heterocycles. The number of carbonyl (C=O) groups excluding carboxylic acids is 2. The van der Waals surface area contributed by atoms with Crippen LogP contribution in [0.5, 0.6) is 0 Å². The molecule has 0 saturated heterocycles. The Morgan fingerprint density at radius 1 is 0.644 bits per heavy atom. The lowest BCUT2D eigenvalue weighted by atomic mass is 9.47. The molecule has 0 bridgehead atoms. The van der Waals surface area contributed by atoms with E-state index in [1.165, 1.54) is 82.7 Å². The van der Waals surface area contributed by atoms with Crippen molar-refractivity contribution in [3.05, 3.63) is 35.1 Å². The summed E-state index contributed by atoms with van der Waals surface area (Å²) in [6, 6.07) is 0. The van der Waals surface area contributed by atoms with Crippen molar-refractivity contribution in [2.24, 2.45) is 69.0 Å². The standard InChI is InChI=1S/C22H33NO.C20H30O/c1-14-9-11-21(3)16(13-14)5-6-17-18-7-8-20(23-15(2)24)22(18,4)12-10-19(17)21;1-13-8-10-19(2)14(12-13)4-5-15-16-6-7-18(21)20(16,3)11-9-17(15)19/h5,8,14,17-19H,6-7,9-13H2,1-4H3,(H,23,24);4,13,15-17H,5-12H2,1-3H3/t14-,17?,18?,19?,21-,22-;13-,15?,16?,17?,19-,20-/m00/s1. The van der Waals surface area contributed by atoms with E-state index < -0.39 is 0 Å². The number of hydrogen-bond acceptors (Lipinski definition) is 2. The minimum absolute atomic E-state index is 0.0326. The van der Waals surface area contributed by atoms with Gasteiger partial charge in [-0.15, -0.1) is 0 Å². The maximum atomic E-state index is 12.4. The highest BCUT2D eigenvalue weighted by Gasteiger charge is 2.59. The maximum Gasteiger partial charge on any atom is 0.221 e. The molecule has 1 N–H and O–H groups in total. The minimum Gasteiger partial charge on any atom is -0.330 e. The Hall–Kier alpha value is -1.64. The monoisotopic (exact) mass is 613 g/mol. The largest absolute Gasteiger partial charge is 0.330 e. The summed E-state index contributed by atoms with van der Waals surface area (Å²) in [4.78, 5) is 24.0. The average molecular weight is 614 g/mol. The Morgan fingerprint density at radius 3 is 1.69 bits per heavy atom. The predicted molar refractivity (Wildman–Crippen MR) is 184 cm³/mol. The van der Waals surface area contributed by atoms with Gasteiger partial charge in [-0.3, -0.25) is 9.59 Å². The van der Waals surface area contributed by atoms with E-state index in [-0.39, 0.29) is 16.7 Å². The van der Waals surface area contributed by atoms with Gasteiger partial charge in [0.05, 0.1) is 0 Å². The fourth-order valence-electron chi connectivity index (χ4n) is 13.4. The molecule has 3 heteroatoms. The van der Waals surface area contributed by atoms with Crippen LogP contribution >= 0.6 is 0 Å². The summed E-state index contributed by atoms with van der Waals surface area (Å²) in [7, 11) is 0. The fourth-order valence-corrected chi connectivity index (χ4v) is 13.4. The second-order valence-corrected chi connectivity index (χ2v) is 18.6. The van der Waals surface area contributed by atoms with Crippen LogP contribution in [-0.2, 0) is 9.59 Å². The Balaban J connectivity index is 0.000000146. The second kappa shape index (κ2) is 11.2. The first kappa shape index (κ1) is 31.9. The molecule has 3 nitrogen and oxygen atoms in total. The molecule has 6 unspecified atom stereocenters. The topological polar surface area (TPSA) is 46.2 Å². The molecule has 45 heavy (non-hydrogen) atoms. The van der Waals surface area contributed by atoms with Gasteiger partial charge >= 0.3 is 0 Å². The molecule has 8 aliphatic rings. The van der Waals surface area contributed by atoms with Gasteiger partial charge in [0.1, 0.15) is 5.78 Å². The van der Waals surface area contributed by atoms with Gasteiger partial charge in [0.25, 0.3) is 0 Å². The SMILES string of the molecule is CC(=O)NC1=CCC2C3CC=C4C[C@@H](C)CC[C@]4(C)C3CC[C@]12C.C[C@H]1CC[C@@]2(C)C(=CCC3C2CC[C@]2(C)C(=O)CCC32)C1. The van der Waals surface area contributed by atoms with Crippen LogP contribution < -0.4 is 5.32 Å². The summed E-state index contributed by atoms with van der Waals surface area (Å²) in [5.74, 6) is 7.10. The Bertz CT molecular complexity index is 1320. The highest BCUT2D eigenvalue weighted by Crippen LogP contribution is 2.66. The van der Waals surface area contributed by atoms with Crippen LogP contribution in [-0.4, -0.2) is 11.7 Å². The third kappa shape index (κ3) is 4.93. The molecular weight excluding hydrogens is 550 g/mol. The van der Waals surface area contributed by atoms with Gasteiger partial charge in [-0.1, -0.05) is 70.9 Å². The quantitative estimate of drug-likeness (QED) is 0.299. The Kier molecular flexibility index (Phi) is 7.96. The fraction of sp³-hybridized carbons (Fsp3) is 0.810. The van der Waals surface area contributed by atoms with Crippen molar-refractivity contribution in [3.63, 3.8) is 0 Å². The zero-order valence-electron chi connectivity index (χ0n) is 29.8. The summed E-state index contributed by atoms with van der Waals surface area (Å²) in [6.07, 6.45) is 26.5. The smallest absolute Gasteiger partial charge is 0.221 e. The number of rotatable bonds is 1. The number of allylic oxidation sites excluding steroid dienone is 6. The van der Waals surface area contributed by atoms with Crippen LogP contribution in [0.1, 0.15) is 145 Å². The van der Waals surface area contributed by atoms with Gasteiger partial charge in [0, 0.05) is 29.9 Å². The first-order valence-corrected chi connectivity index (χ1v) is 19.2. The van der Waals surface area contributed by atoms with Crippen molar-refractivity contribution in [2.45, 2.75) is 145 Å². The molecule has 248 valence electrons. The zero-order valence-corrected chi connectivity index (χ0v) is 29.8. The van der Waals surface area contributed by atoms with E-state index >= 15 is 0 Å². The minimum atomic E-state index is 0.0326. The van der Waals surface area contributed by atoms with Crippen molar-refractivity contribution >= 4 is 11.7 Å². The molecule has 0 aliphatic heterocycles. The number of nitrogens with one attached hydrogen (secondary N) is 1. The molecule has 8 rings (SSSR count). The lowest BCUT2D eigenvalue weighted by Gasteiger charge is -2.57. The number of ketones is 1. The van der Waals surface area contributed by atoms with Crippen molar-refractivity contribution in [2.75, 3.05) is 0 Å². The third-order valence-corrected chi connectivity index (χ3v) is 16.3. The summed E-state index contributed by atoms with van der Waals surface area (Å²) in [5, 5.41) is 3.16. The zero-order chi connectivity index (χ0) is 31.9. The van der Waals surface area contributed by atoms with Crippen molar-refractivity contribution < 1.29 is 9.59 Å². The molecule has 5 fully saturated rings. The Morgan fingerprint density at radius 2 is 1.13 bits per heavy atom. The first-order valence-electron chi connectivity index (χ1n) is 19.2. The van der Waals surface area contributed by atoms with Crippen LogP contribution in [0.25, 0.3) is 0 Å². The normalized spacial score (nSPS) is 49.7. The number of Topliss-reactive ketones (excluding diaryl/α,β-unsaturated/α-hetero) is 1. The number of amides is 1. The molecule has 8 aliphatic carbocycles. The highest BCUT2D eigenvalue weighted by molar-refractivity contribution is 5.87. The lowest BCUT2D eigenvalue weighted by Crippen LogP contribution is -2.50. The van der Waals surface area contributed by atoms with Gasteiger partial charge in [-0.25, -0.2) is 0 Å². The molecule has 1 amide bonds. The number of fused-ring (bicyclic) bond motifs is 10. The van der Waals surface area contributed by atoms with E-state index in [0.717, 1.165) is 54.8 Å². The molecule has 5 saturated carbocycles. The molecule has 12 atom stereocenters. The van der Waals surface area contributed by atoms with Crippen molar-refractivity contribution in [1.29, 1.82) is 0 Å². The second-order valence-electron chi connectivity index (χ2n) is 18.6. The van der Waals surface area contributed by atoms with Crippen LogP contribution in [0.2, 0.25) is 0 Å². The van der Waals surface area contributed by atoms with Crippen molar-refractivity contribution in [1.82, 2.24) is 5.32 Å². The van der Waals surface area contributed by atoms with Gasteiger partial charge in [-0.05, 0) is 148 Å². The van der Waals surface area contributed by atoms with Gasteiger partial charge in [0.15, 0.2) is 0 Å². The molecule has 0 heterocycles. The van der Waals surface area contributed by atoms with E-state index in [4.69, 9.17) is 0 Å².